The van der Waals surface area contributed by atoms with E-state index in [0.29, 0.717) is 0 Å². The van der Waals surface area contributed by atoms with Gasteiger partial charge in [0, 0.05) is 23.8 Å². The quantitative estimate of drug-likeness (QED) is 0.439. The Morgan fingerprint density at radius 3 is 1.90 bits per heavy atom. The van der Waals surface area contributed by atoms with E-state index < -0.39 is 0 Å². The molecule has 0 radical (unpaired) electrons. The topological polar surface area (TPSA) is 7.76 Å². The largest absolute Gasteiger partial charge is 1.00 e. The van der Waals surface area contributed by atoms with Gasteiger partial charge in [0.25, 0.3) is 0 Å². The van der Waals surface area contributed by atoms with Crippen molar-refractivity contribution in [3.63, 3.8) is 0 Å². The van der Waals surface area contributed by atoms with Crippen molar-refractivity contribution in [1.82, 2.24) is 0 Å². The Hall–Kier alpha value is -1.90. The Labute approximate surface area is 137 Å². The van der Waals surface area contributed by atoms with Crippen LogP contribution < -0.4 is 33.9 Å². The second-order valence-electron chi connectivity index (χ2n) is 4.46. The van der Waals surface area contributed by atoms with Crippen molar-refractivity contribution in [1.29, 1.82) is 0 Å². The summed E-state index contributed by atoms with van der Waals surface area (Å²) in [6.45, 7) is 0.874. The number of hydrogen-bond donors (Lipinski definition) is 0. The summed E-state index contributed by atoms with van der Waals surface area (Å²) in [4.78, 5) is 0. The van der Waals surface area contributed by atoms with Crippen LogP contribution in [0, 0.1) is 0 Å². The summed E-state index contributed by atoms with van der Waals surface area (Å²) in [6.07, 6.45) is 6.25. The van der Waals surface area contributed by atoms with Gasteiger partial charge in [-0.2, -0.15) is 0 Å². The average Bonchev–Trinajstić information content (AvgIpc) is 2.50. The number of pyridine rings is 2. The monoisotopic (exact) mass is 318 g/mol. The van der Waals surface area contributed by atoms with Crippen molar-refractivity contribution in [2.45, 2.75) is 6.54 Å². The van der Waals surface area contributed by atoms with Crippen molar-refractivity contribution < 1.29 is 33.9 Å². The number of hydrogen-bond acceptors (Lipinski definition) is 0. The number of benzene rings is 1. The van der Waals surface area contributed by atoms with Crippen LogP contribution in [0.15, 0.2) is 85.3 Å². The van der Waals surface area contributed by atoms with Crippen molar-refractivity contribution in [3.05, 3.63) is 90.9 Å². The second-order valence-corrected chi connectivity index (χ2v) is 4.46. The average molecular weight is 319 g/mol. The lowest BCUT2D eigenvalue weighted by atomic mass is 10.2. The molecule has 0 saturated heterocycles. The van der Waals surface area contributed by atoms with E-state index in [1.165, 1.54) is 5.56 Å². The molecule has 0 N–H and O–H groups in total. The molecule has 3 aromatic rings. The highest BCUT2D eigenvalue weighted by atomic mass is 35.5. The Balaban J connectivity index is 0.00000110. The van der Waals surface area contributed by atoms with Crippen molar-refractivity contribution in [3.8, 4) is 5.82 Å². The molecule has 0 spiro atoms. The Morgan fingerprint density at radius 1 is 0.619 bits per heavy atom. The van der Waals surface area contributed by atoms with Gasteiger partial charge in [0.15, 0.2) is 25.1 Å². The summed E-state index contributed by atoms with van der Waals surface area (Å²) in [6, 6.07) is 22.9. The molecule has 0 aliphatic heterocycles. The minimum absolute atomic E-state index is 0. The maximum absolute atomic E-state index is 2.25. The molecule has 4 heteroatoms. The molecule has 0 amide bonds. The molecule has 0 bridgehead atoms. The van der Waals surface area contributed by atoms with E-state index in [2.05, 4.69) is 70.2 Å². The molecule has 1 aromatic carbocycles. The molecule has 108 valence electrons. The third-order valence-electron chi connectivity index (χ3n) is 3.09. The molecule has 21 heavy (non-hydrogen) atoms. The van der Waals surface area contributed by atoms with Crippen LogP contribution in [0.4, 0.5) is 0 Å². The smallest absolute Gasteiger partial charge is 0.449 e. The van der Waals surface area contributed by atoms with Crippen molar-refractivity contribution in [2.75, 3.05) is 0 Å². The van der Waals surface area contributed by atoms with Crippen LogP contribution in [0.25, 0.3) is 5.82 Å². The van der Waals surface area contributed by atoms with Crippen LogP contribution in [0.5, 0.6) is 0 Å². The number of nitrogens with zero attached hydrogens (tertiary/aromatic N) is 2. The Morgan fingerprint density at radius 2 is 1.19 bits per heavy atom. The van der Waals surface area contributed by atoms with E-state index in [9.17, 15) is 0 Å². The van der Waals surface area contributed by atoms with E-state index in [-0.39, 0.29) is 24.8 Å². The summed E-state index contributed by atoms with van der Waals surface area (Å²) >= 11 is 0. The predicted molar refractivity (Wildman–Crippen MR) is 73.7 cm³/mol. The highest BCUT2D eigenvalue weighted by Gasteiger charge is 2.18. The fourth-order valence-electron chi connectivity index (χ4n) is 2.17. The SMILES string of the molecule is [Cl-].[Cl-].c1ccc(C[n+]2ccccc2-[n+]2ccccc2)cc1. The van der Waals surface area contributed by atoms with Crippen LogP contribution in [0.2, 0.25) is 0 Å². The molecule has 0 aliphatic rings. The Kier molecular flexibility index (Phi) is 6.86. The minimum atomic E-state index is 0. The maximum Gasteiger partial charge on any atom is 0.449 e. The maximum atomic E-state index is 2.25. The van der Waals surface area contributed by atoms with E-state index in [4.69, 9.17) is 0 Å². The van der Waals surface area contributed by atoms with Crippen LogP contribution in [-0.4, -0.2) is 0 Å². The number of aromatic nitrogens is 2. The third kappa shape index (κ3) is 4.28. The first-order chi connectivity index (χ1) is 9.43. The van der Waals surface area contributed by atoms with Gasteiger partial charge in [0.2, 0.25) is 0 Å². The molecule has 2 nitrogen and oxygen atoms in total. The van der Waals surface area contributed by atoms with Gasteiger partial charge >= 0.3 is 5.82 Å². The van der Waals surface area contributed by atoms with Crippen LogP contribution in [0.1, 0.15) is 5.56 Å². The fourth-order valence-corrected chi connectivity index (χ4v) is 2.17. The lowest BCUT2D eigenvalue weighted by Crippen LogP contribution is -3.00. The summed E-state index contributed by atoms with van der Waals surface area (Å²) in [5.41, 5.74) is 1.30. The van der Waals surface area contributed by atoms with Gasteiger partial charge in [0.1, 0.15) is 0 Å². The van der Waals surface area contributed by atoms with Gasteiger partial charge in [-0.15, -0.1) is 9.13 Å². The first-order valence-corrected chi connectivity index (χ1v) is 6.42. The number of halogens is 2. The molecule has 0 saturated carbocycles. The highest BCUT2D eigenvalue weighted by Crippen LogP contribution is 1.99. The molecule has 3 rings (SSSR count). The van der Waals surface area contributed by atoms with Gasteiger partial charge < -0.3 is 24.8 Å². The van der Waals surface area contributed by atoms with E-state index in [1.807, 2.05) is 24.3 Å². The zero-order chi connectivity index (χ0) is 12.9. The van der Waals surface area contributed by atoms with Crippen LogP contribution in [-0.2, 0) is 6.54 Å². The summed E-state index contributed by atoms with van der Waals surface area (Å²) in [5, 5.41) is 0. The normalized spacial score (nSPS) is 9.33. The molecule has 0 aliphatic carbocycles. The summed E-state index contributed by atoms with van der Waals surface area (Å²) in [5.74, 6) is 1.16. The molecule has 2 heterocycles. The zero-order valence-corrected chi connectivity index (χ0v) is 13.0. The number of rotatable bonds is 3. The lowest BCUT2D eigenvalue weighted by Gasteiger charge is -1.99. The fraction of sp³-hybridized carbons (Fsp3) is 0.0588. The standard InChI is InChI=1S/C17H16N2.2ClH/c1-3-9-16(10-4-1)15-19-14-8-5-11-17(19)18-12-6-2-7-13-18;;/h1-14H,15H2;2*1H/q+2;;/p-2. The van der Waals surface area contributed by atoms with Gasteiger partial charge in [-0.1, -0.05) is 36.4 Å². The van der Waals surface area contributed by atoms with E-state index in [1.54, 1.807) is 0 Å². The predicted octanol–water partition coefficient (Wildman–Crippen LogP) is -3.69. The van der Waals surface area contributed by atoms with E-state index in [0.717, 1.165) is 12.4 Å². The second kappa shape index (κ2) is 8.40. The van der Waals surface area contributed by atoms with Gasteiger partial charge in [0.05, 0.1) is 6.07 Å². The first-order valence-electron chi connectivity index (χ1n) is 6.42. The lowest BCUT2D eigenvalue weighted by molar-refractivity contribution is -0.787. The van der Waals surface area contributed by atoms with Crippen LogP contribution >= 0.6 is 0 Å². The van der Waals surface area contributed by atoms with Gasteiger partial charge in [-0.05, 0) is 6.07 Å². The minimum Gasteiger partial charge on any atom is -1.00 e. The Bertz CT molecular complexity index is 658. The highest BCUT2D eigenvalue weighted by molar-refractivity contribution is 5.14. The molecule has 2 aromatic heterocycles. The van der Waals surface area contributed by atoms with Crippen molar-refractivity contribution in [2.24, 2.45) is 0 Å². The molecule has 0 fully saturated rings. The first kappa shape index (κ1) is 17.2. The molecular weight excluding hydrogens is 303 g/mol. The third-order valence-corrected chi connectivity index (χ3v) is 3.09. The van der Waals surface area contributed by atoms with Gasteiger partial charge in [-0.25, -0.2) is 0 Å². The summed E-state index contributed by atoms with van der Waals surface area (Å²) in [7, 11) is 0. The van der Waals surface area contributed by atoms with Gasteiger partial charge in [-0.3, -0.25) is 0 Å². The molecule has 0 atom stereocenters. The summed E-state index contributed by atoms with van der Waals surface area (Å²) < 4.78 is 4.37. The molecule has 0 unspecified atom stereocenters. The molecular formula is C17H16Cl2N2. The van der Waals surface area contributed by atoms with E-state index >= 15 is 0 Å². The van der Waals surface area contributed by atoms with Crippen molar-refractivity contribution >= 4 is 0 Å². The van der Waals surface area contributed by atoms with Crippen LogP contribution in [0.3, 0.4) is 0 Å². The zero-order valence-electron chi connectivity index (χ0n) is 11.4.